The van der Waals surface area contributed by atoms with Crippen molar-refractivity contribution >= 4 is 53.0 Å². The second kappa shape index (κ2) is 11.0. The number of aldehydes is 1. The number of carbonyl (C=O) groups excluding carboxylic acids is 4. The minimum Gasteiger partial charge on any atom is -0.471 e. The largest absolute Gasteiger partial charge is 0.471 e. The average molecular weight is 686 g/mol. The molecule has 1 spiro atoms. The van der Waals surface area contributed by atoms with E-state index in [1.807, 2.05) is 0 Å². The molecular weight excluding hydrogens is 652 g/mol. The van der Waals surface area contributed by atoms with Gasteiger partial charge in [-0.2, -0.15) is 9.65 Å². The minimum atomic E-state index is -3.35. The van der Waals surface area contributed by atoms with Gasteiger partial charge in [-0.3, -0.25) is 19.3 Å². The quantitative estimate of drug-likeness (QED) is 0.344. The standard InChI is InChI=1S/C30H33Cl2F3N6O5/c1-27(2,3)29(13-42,39-26(45)30(31,32)35)12-40-10-18-14-4-17(19(34)5-14)21(18)22(40)24(43)41-11-28(7-16(41)8-36)25(44)38-23-20(46-28)6-15(33)9-37-23/h6,9,13-14,16-19,21-22H,4-5,7,10-12H2,1-3H3,(H,39,45)(H,37,38,44)/t14-,16-,17+,18?,19+,21-,22-,28+,29-/m0/s1. The van der Waals surface area contributed by atoms with E-state index in [9.17, 15) is 33.2 Å². The molecule has 2 N–H and O–H groups in total. The van der Waals surface area contributed by atoms with Gasteiger partial charge in [0, 0.05) is 25.6 Å². The van der Waals surface area contributed by atoms with Crippen molar-refractivity contribution in [1.82, 2.24) is 20.1 Å². The Hall–Kier alpha value is -3.15. The van der Waals surface area contributed by atoms with Gasteiger partial charge in [0.05, 0.1) is 24.9 Å². The molecule has 2 saturated heterocycles. The van der Waals surface area contributed by atoms with Crippen molar-refractivity contribution in [3.63, 3.8) is 0 Å². The van der Waals surface area contributed by atoms with E-state index in [1.165, 1.54) is 4.90 Å². The summed E-state index contributed by atoms with van der Waals surface area (Å²) in [5.41, 5.74) is -4.58. The Morgan fingerprint density at radius 3 is 2.65 bits per heavy atom. The molecule has 9 atom stereocenters. The molecule has 4 fully saturated rings. The molecular formula is C30H33Cl2F3N6O5. The maximum atomic E-state index is 15.3. The summed E-state index contributed by atoms with van der Waals surface area (Å²) < 4.78 is 46.2. The first-order valence-electron chi connectivity index (χ1n) is 15.0. The molecule has 2 saturated carbocycles. The van der Waals surface area contributed by atoms with Crippen molar-refractivity contribution in [3.8, 4) is 11.8 Å². The number of amides is 3. The Balaban J connectivity index is 1.36. The normalized spacial score (nSPS) is 34.7. The van der Waals surface area contributed by atoms with Crippen LogP contribution in [0.1, 0.15) is 40.0 Å². The molecule has 4 heterocycles. The molecule has 16 heteroatoms. The van der Waals surface area contributed by atoms with E-state index in [1.54, 1.807) is 25.7 Å². The fourth-order valence-electron chi connectivity index (χ4n) is 8.29. The predicted molar refractivity (Wildman–Crippen MR) is 157 cm³/mol. The first-order valence-corrected chi connectivity index (χ1v) is 15.8. The number of anilines is 1. The van der Waals surface area contributed by atoms with Crippen LogP contribution in [0.15, 0.2) is 12.3 Å². The molecule has 0 aromatic carbocycles. The second-order valence-electron chi connectivity index (χ2n) is 14.2. The number of nitrogens with one attached hydrogen (secondary N) is 2. The summed E-state index contributed by atoms with van der Waals surface area (Å²) in [5.74, 6) is -4.56. The Labute approximate surface area is 273 Å². The molecule has 46 heavy (non-hydrogen) atoms. The highest BCUT2D eigenvalue weighted by molar-refractivity contribution is 6.56. The number of hydrogen-bond donors (Lipinski definition) is 2. The Bertz CT molecular complexity index is 1530. The third-order valence-corrected chi connectivity index (χ3v) is 11.1. The zero-order valence-corrected chi connectivity index (χ0v) is 26.7. The fourth-order valence-corrected chi connectivity index (χ4v) is 8.38. The number of ether oxygens (including phenoxy) is 1. The summed E-state index contributed by atoms with van der Waals surface area (Å²) in [4.78, 5) is 60.2. The number of nitriles is 1. The van der Waals surface area contributed by atoms with Crippen LogP contribution in [0.3, 0.4) is 0 Å². The van der Waals surface area contributed by atoms with Crippen molar-refractivity contribution in [2.24, 2.45) is 29.1 Å². The summed E-state index contributed by atoms with van der Waals surface area (Å²) in [7, 11) is 0. The molecule has 248 valence electrons. The molecule has 11 nitrogen and oxygen atoms in total. The van der Waals surface area contributed by atoms with Crippen LogP contribution in [0.4, 0.5) is 19.0 Å². The van der Waals surface area contributed by atoms with Gasteiger partial charge in [-0.25, -0.2) is 13.8 Å². The summed E-state index contributed by atoms with van der Waals surface area (Å²) in [6.45, 7) is 4.56. The number of halogens is 5. The van der Waals surface area contributed by atoms with Crippen LogP contribution in [0.25, 0.3) is 0 Å². The van der Waals surface area contributed by atoms with Gasteiger partial charge in [0.1, 0.15) is 29.9 Å². The van der Waals surface area contributed by atoms with Gasteiger partial charge >= 0.3 is 4.59 Å². The van der Waals surface area contributed by atoms with E-state index < -0.39 is 74.8 Å². The zero-order chi connectivity index (χ0) is 33.6. The van der Waals surface area contributed by atoms with Crippen molar-refractivity contribution in [3.05, 3.63) is 18.1 Å². The SMILES string of the molecule is CC(C)(C)[C@@](C=O)(CN1CC2[C@H]3C[C@@H]([C@@H]2[C@H]1C(=O)N1C[C@@]2(C[C@H]1C#N)Oc1cc(F)cnc1NC2=O)[C@H](F)C3)NC(=O)C(F)(Cl)Cl. The number of rotatable bonds is 6. The van der Waals surface area contributed by atoms with E-state index in [2.05, 4.69) is 21.7 Å². The molecule has 3 aliphatic heterocycles. The zero-order valence-electron chi connectivity index (χ0n) is 25.2. The van der Waals surface area contributed by atoms with E-state index in [0.717, 1.165) is 12.3 Å². The lowest BCUT2D eigenvalue weighted by molar-refractivity contribution is -0.142. The molecule has 5 aliphatic rings. The molecule has 3 amide bonds. The van der Waals surface area contributed by atoms with Gasteiger partial charge in [-0.15, -0.1) is 0 Å². The van der Waals surface area contributed by atoms with Crippen LogP contribution in [0, 0.1) is 46.2 Å². The third-order valence-electron chi connectivity index (χ3n) is 10.7. The van der Waals surface area contributed by atoms with Gasteiger partial charge in [-0.05, 0) is 41.9 Å². The molecule has 0 radical (unpaired) electrons. The summed E-state index contributed by atoms with van der Waals surface area (Å²) >= 11 is 10.9. The van der Waals surface area contributed by atoms with Crippen molar-refractivity contribution < 1.29 is 37.1 Å². The highest BCUT2D eigenvalue weighted by Gasteiger charge is 2.65. The monoisotopic (exact) mass is 684 g/mol. The number of fused-ring (bicyclic) bond motifs is 6. The summed E-state index contributed by atoms with van der Waals surface area (Å²) in [6.07, 6.45) is 0.912. The molecule has 1 aromatic heterocycles. The van der Waals surface area contributed by atoms with Crippen LogP contribution in [-0.4, -0.2) is 92.4 Å². The predicted octanol–water partition coefficient (Wildman–Crippen LogP) is 2.91. The molecule has 2 bridgehead atoms. The fraction of sp³-hybridized carbons (Fsp3) is 0.667. The highest BCUT2D eigenvalue weighted by atomic mass is 35.5. The maximum Gasteiger partial charge on any atom is 0.335 e. The number of hydrogen-bond acceptors (Lipinski definition) is 8. The van der Waals surface area contributed by atoms with Crippen LogP contribution in [0.5, 0.6) is 5.75 Å². The van der Waals surface area contributed by atoms with Crippen molar-refractivity contribution in [2.75, 3.05) is 25.0 Å². The van der Waals surface area contributed by atoms with Crippen LogP contribution >= 0.6 is 23.2 Å². The smallest absolute Gasteiger partial charge is 0.335 e. The first kappa shape index (κ1) is 32.8. The average Bonchev–Trinajstić information content (AvgIpc) is 3.71. The van der Waals surface area contributed by atoms with E-state index in [4.69, 9.17) is 27.9 Å². The van der Waals surface area contributed by atoms with Crippen LogP contribution in [-0.2, 0) is 19.2 Å². The van der Waals surface area contributed by atoms with E-state index in [0.29, 0.717) is 19.1 Å². The highest BCUT2D eigenvalue weighted by Crippen LogP contribution is 2.59. The van der Waals surface area contributed by atoms with Crippen LogP contribution < -0.4 is 15.4 Å². The number of alkyl halides is 4. The number of aromatic nitrogens is 1. The first-order chi connectivity index (χ1) is 21.4. The van der Waals surface area contributed by atoms with Gasteiger partial charge in [-0.1, -0.05) is 44.0 Å². The maximum absolute atomic E-state index is 15.3. The number of likely N-dealkylation sites (tertiary alicyclic amines) is 2. The number of nitrogens with zero attached hydrogens (tertiary/aromatic N) is 4. The Kier molecular flexibility index (Phi) is 7.80. The lowest BCUT2D eigenvalue weighted by Crippen LogP contribution is -2.67. The minimum absolute atomic E-state index is 0.00305. The second-order valence-corrected chi connectivity index (χ2v) is 15.4. The topological polar surface area (TPSA) is 145 Å². The summed E-state index contributed by atoms with van der Waals surface area (Å²) in [5, 5.41) is 15.1. The van der Waals surface area contributed by atoms with E-state index >= 15 is 4.39 Å². The van der Waals surface area contributed by atoms with Crippen molar-refractivity contribution in [1.29, 1.82) is 5.26 Å². The third kappa shape index (κ3) is 5.09. The lowest BCUT2D eigenvalue weighted by Gasteiger charge is -2.45. The lowest BCUT2D eigenvalue weighted by atomic mass is 9.73. The van der Waals surface area contributed by atoms with Crippen molar-refractivity contribution in [2.45, 2.75) is 74.0 Å². The Morgan fingerprint density at radius 1 is 1.30 bits per heavy atom. The van der Waals surface area contributed by atoms with Gasteiger partial charge in [0.25, 0.3) is 11.8 Å². The number of carbonyl (C=O) groups is 4. The molecule has 1 unspecified atom stereocenters. The molecule has 2 aliphatic carbocycles. The van der Waals surface area contributed by atoms with Gasteiger partial charge in [0.2, 0.25) is 11.5 Å². The van der Waals surface area contributed by atoms with E-state index in [-0.39, 0.29) is 49.5 Å². The van der Waals surface area contributed by atoms with Crippen LogP contribution in [0.2, 0.25) is 0 Å². The Morgan fingerprint density at radius 2 is 2.02 bits per heavy atom. The van der Waals surface area contributed by atoms with Gasteiger partial charge in [0.15, 0.2) is 11.6 Å². The van der Waals surface area contributed by atoms with Gasteiger partial charge < -0.3 is 25.1 Å². The number of pyridine rings is 1. The molecule has 1 aromatic rings. The summed E-state index contributed by atoms with van der Waals surface area (Å²) in [6, 6.07) is 0.921. The molecule has 6 rings (SSSR count).